The van der Waals surface area contributed by atoms with Crippen molar-refractivity contribution >= 4 is 55.7 Å². The Kier molecular flexibility index (Phi) is 7.07. The zero-order valence-electron chi connectivity index (χ0n) is 22.3. The van der Waals surface area contributed by atoms with Crippen LogP contribution in [0.4, 0.5) is 5.13 Å². The molecule has 1 aliphatic heterocycles. The summed E-state index contributed by atoms with van der Waals surface area (Å²) in [5, 5.41) is 12.3. The molecule has 5 aromatic rings. The second kappa shape index (κ2) is 10.8. The Balaban J connectivity index is 1.49. The molecular weight excluding hydrogens is 556 g/mol. The molecule has 0 aliphatic carbocycles. The number of aliphatic hydroxyl groups is 1. The Bertz CT molecular complexity index is 1830. The van der Waals surface area contributed by atoms with Gasteiger partial charge in [0.15, 0.2) is 5.13 Å². The predicted octanol–water partition coefficient (Wildman–Crippen LogP) is 7.77. The monoisotopic (exact) mass is 580 g/mol. The molecule has 1 amide bonds. The number of halogens is 1. The molecule has 0 spiro atoms. The summed E-state index contributed by atoms with van der Waals surface area (Å²) in [5.74, 6) is -1.25. The van der Waals surface area contributed by atoms with Crippen LogP contribution >= 0.6 is 22.9 Å². The normalized spacial score (nSPS) is 16.5. The molecular formula is C33H25ClN2O4S. The standard InChI is InChI=1S/C33H25ClN2O4S/c1-19-15-20(2)28-26(16-19)41-33(35-28)36-29(23-9-6-10-25(17-23)40-18-21-7-4-3-5-8-21)27(31(38)32(36)39)30(37)22-11-13-24(34)14-12-22/h3-17,29,37H,18H2,1-2H3. The first-order valence-electron chi connectivity index (χ1n) is 13.0. The molecule has 4 aromatic carbocycles. The Morgan fingerprint density at radius 2 is 1.73 bits per heavy atom. The quantitative estimate of drug-likeness (QED) is 0.126. The van der Waals surface area contributed by atoms with E-state index in [2.05, 4.69) is 0 Å². The molecule has 1 fully saturated rings. The van der Waals surface area contributed by atoms with Gasteiger partial charge in [-0.05, 0) is 78.6 Å². The number of rotatable bonds is 6. The summed E-state index contributed by atoms with van der Waals surface area (Å²) in [4.78, 5) is 33.4. The molecule has 0 radical (unpaired) electrons. The van der Waals surface area contributed by atoms with E-state index in [0.717, 1.165) is 26.9 Å². The number of carbonyl (C=O) groups excluding carboxylic acids is 2. The number of ketones is 1. The second-order valence-electron chi connectivity index (χ2n) is 9.95. The van der Waals surface area contributed by atoms with E-state index in [0.29, 0.717) is 33.6 Å². The highest BCUT2D eigenvalue weighted by atomic mass is 35.5. The molecule has 1 atom stereocenters. The van der Waals surface area contributed by atoms with Crippen LogP contribution in [0.5, 0.6) is 5.75 Å². The minimum atomic E-state index is -0.923. The zero-order valence-corrected chi connectivity index (χ0v) is 23.9. The smallest absolute Gasteiger partial charge is 0.301 e. The third-order valence-electron chi connectivity index (χ3n) is 7.01. The number of nitrogens with zero attached hydrogens (tertiary/aromatic N) is 2. The molecule has 1 unspecified atom stereocenters. The lowest BCUT2D eigenvalue weighted by atomic mass is 9.95. The highest BCUT2D eigenvalue weighted by Gasteiger charge is 2.48. The number of fused-ring (bicyclic) bond motifs is 1. The van der Waals surface area contributed by atoms with Crippen LogP contribution in [0.15, 0.2) is 96.6 Å². The number of anilines is 1. The van der Waals surface area contributed by atoms with Gasteiger partial charge in [-0.25, -0.2) is 4.98 Å². The van der Waals surface area contributed by atoms with Gasteiger partial charge in [-0.3, -0.25) is 14.5 Å². The van der Waals surface area contributed by atoms with Gasteiger partial charge in [0.2, 0.25) is 0 Å². The van der Waals surface area contributed by atoms with Crippen LogP contribution in [-0.4, -0.2) is 21.8 Å². The maximum absolute atomic E-state index is 13.7. The molecule has 6 nitrogen and oxygen atoms in total. The van der Waals surface area contributed by atoms with Crippen molar-refractivity contribution in [2.45, 2.75) is 26.5 Å². The zero-order chi connectivity index (χ0) is 28.7. The maximum Gasteiger partial charge on any atom is 0.301 e. The Morgan fingerprint density at radius 1 is 0.976 bits per heavy atom. The van der Waals surface area contributed by atoms with E-state index in [1.807, 2.05) is 74.5 Å². The van der Waals surface area contributed by atoms with Crippen LogP contribution in [0.3, 0.4) is 0 Å². The van der Waals surface area contributed by atoms with Crippen LogP contribution in [0.2, 0.25) is 5.02 Å². The highest BCUT2D eigenvalue weighted by Crippen LogP contribution is 2.45. The molecule has 204 valence electrons. The molecule has 0 saturated carbocycles. The lowest BCUT2D eigenvalue weighted by Gasteiger charge is -2.23. The first-order chi connectivity index (χ1) is 19.8. The van der Waals surface area contributed by atoms with Crippen LogP contribution < -0.4 is 9.64 Å². The van der Waals surface area contributed by atoms with Gasteiger partial charge in [-0.2, -0.15) is 0 Å². The summed E-state index contributed by atoms with van der Waals surface area (Å²) in [6.45, 7) is 4.33. The number of carbonyl (C=O) groups is 2. The van der Waals surface area contributed by atoms with E-state index < -0.39 is 17.7 Å². The molecule has 8 heteroatoms. The molecule has 1 aromatic heterocycles. The van der Waals surface area contributed by atoms with Crippen molar-refractivity contribution in [3.8, 4) is 5.75 Å². The predicted molar refractivity (Wildman–Crippen MR) is 163 cm³/mol. The summed E-state index contributed by atoms with van der Waals surface area (Å²) in [6.07, 6.45) is 0. The fourth-order valence-electron chi connectivity index (χ4n) is 5.09. The van der Waals surface area contributed by atoms with Crippen LogP contribution in [0.1, 0.15) is 33.9 Å². The number of hydrogen-bond donors (Lipinski definition) is 1. The van der Waals surface area contributed by atoms with Crippen molar-refractivity contribution in [3.63, 3.8) is 0 Å². The van der Waals surface area contributed by atoms with Crippen molar-refractivity contribution in [3.05, 3.63) is 129 Å². The van der Waals surface area contributed by atoms with Crippen molar-refractivity contribution in [2.75, 3.05) is 4.90 Å². The highest BCUT2D eigenvalue weighted by molar-refractivity contribution is 7.22. The number of benzene rings is 4. The van der Waals surface area contributed by atoms with Gasteiger partial charge < -0.3 is 9.84 Å². The summed E-state index contributed by atoms with van der Waals surface area (Å²) in [5.41, 5.74) is 4.80. The average Bonchev–Trinajstić information content (AvgIpc) is 3.51. The van der Waals surface area contributed by atoms with Crippen LogP contribution in [0.25, 0.3) is 16.0 Å². The minimum Gasteiger partial charge on any atom is -0.507 e. The Morgan fingerprint density at radius 3 is 2.49 bits per heavy atom. The van der Waals surface area contributed by atoms with Crippen LogP contribution in [-0.2, 0) is 16.2 Å². The van der Waals surface area contributed by atoms with Gasteiger partial charge >= 0.3 is 5.91 Å². The number of aliphatic hydroxyl groups excluding tert-OH is 1. The first-order valence-corrected chi connectivity index (χ1v) is 14.2. The number of aryl methyl sites for hydroxylation is 2. The number of Topliss-reactive ketones (excluding diaryl/α,β-unsaturated/α-hetero) is 1. The van der Waals surface area contributed by atoms with E-state index in [4.69, 9.17) is 21.3 Å². The minimum absolute atomic E-state index is 0.0234. The topological polar surface area (TPSA) is 79.7 Å². The van der Waals surface area contributed by atoms with Gasteiger partial charge in [0.1, 0.15) is 18.1 Å². The third-order valence-corrected chi connectivity index (χ3v) is 8.26. The third kappa shape index (κ3) is 5.10. The number of thiazole rings is 1. The van der Waals surface area contributed by atoms with E-state index in [1.54, 1.807) is 30.3 Å². The number of amides is 1. The lowest BCUT2D eigenvalue weighted by molar-refractivity contribution is -0.132. The van der Waals surface area contributed by atoms with Crippen molar-refractivity contribution < 1.29 is 19.4 Å². The lowest BCUT2D eigenvalue weighted by Crippen LogP contribution is -2.29. The van der Waals surface area contributed by atoms with E-state index in [9.17, 15) is 14.7 Å². The molecule has 2 heterocycles. The molecule has 1 aliphatic rings. The van der Waals surface area contributed by atoms with E-state index >= 15 is 0 Å². The van der Waals surface area contributed by atoms with Crippen LogP contribution in [0, 0.1) is 13.8 Å². The summed E-state index contributed by atoms with van der Waals surface area (Å²) >= 11 is 7.40. The number of aromatic nitrogens is 1. The fraction of sp³-hybridized carbons (Fsp3) is 0.121. The van der Waals surface area contributed by atoms with E-state index in [-0.39, 0.29) is 11.3 Å². The van der Waals surface area contributed by atoms with Gasteiger partial charge in [0, 0.05) is 10.6 Å². The Hall–Kier alpha value is -4.46. The molecule has 1 N–H and O–H groups in total. The largest absolute Gasteiger partial charge is 0.507 e. The maximum atomic E-state index is 13.7. The van der Waals surface area contributed by atoms with Gasteiger partial charge in [0.05, 0.1) is 21.8 Å². The average molecular weight is 581 g/mol. The number of hydrogen-bond acceptors (Lipinski definition) is 6. The van der Waals surface area contributed by atoms with Crippen molar-refractivity contribution in [1.29, 1.82) is 0 Å². The van der Waals surface area contributed by atoms with Crippen molar-refractivity contribution in [1.82, 2.24) is 4.98 Å². The molecule has 6 rings (SSSR count). The van der Waals surface area contributed by atoms with Crippen molar-refractivity contribution in [2.24, 2.45) is 0 Å². The summed E-state index contributed by atoms with van der Waals surface area (Å²) in [7, 11) is 0. The second-order valence-corrected chi connectivity index (χ2v) is 11.4. The number of ether oxygens (including phenoxy) is 1. The summed E-state index contributed by atoms with van der Waals surface area (Å²) < 4.78 is 6.98. The molecule has 41 heavy (non-hydrogen) atoms. The van der Waals surface area contributed by atoms with E-state index in [1.165, 1.54) is 16.2 Å². The first kappa shape index (κ1) is 26.7. The Labute approximate surface area is 246 Å². The molecule has 0 bridgehead atoms. The SMILES string of the molecule is Cc1cc(C)c2nc(N3C(=O)C(=O)C(=C(O)c4ccc(Cl)cc4)C3c3cccc(OCc4ccccc4)c3)sc2c1. The fourth-order valence-corrected chi connectivity index (χ4v) is 6.38. The molecule has 1 saturated heterocycles. The van der Waals surface area contributed by atoms with Gasteiger partial charge in [-0.15, -0.1) is 0 Å². The van der Waals surface area contributed by atoms with Gasteiger partial charge in [0.25, 0.3) is 5.78 Å². The van der Waals surface area contributed by atoms with Gasteiger partial charge in [-0.1, -0.05) is 71.5 Å². The summed E-state index contributed by atoms with van der Waals surface area (Å²) in [6, 6.07) is 26.6.